The molecule has 2 aromatic rings. The highest BCUT2D eigenvalue weighted by atomic mass is 19.1. The van der Waals surface area contributed by atoms with Crippen molar-refractivity contribution < 1.29 is 4.39 Å². The summed E-state index contributed by atoms with van der Waals surface area (Å²) >= 11 is 0. The Morgan fingerprint density at radius 3 is 2.85 bits per heavy atom. The van der Waals surface area contributed by atoms with Crippen molar-refractivity contribution >= 4 is 0 Å². The van der Waals surface area contributed by atoms with Crippen molar-refractivity contribution in [3.8, 4) is 0 Å². The molecule has 0 bridgehead atoms. The number of aromatic nitrogens is 3. The molecule has 1 aromatic heterocycles. The number of hydrogen-bond donors (Lipinski definition) is 1. The third kappa shape index (κ3) is 3.42. The van der Waals surface area contributed by atoms with E-state index in [1.165, 1.54) is 6.07 Å². The number of aryl methyl sites for hydroxylation is 1. The van der Waals surface area contributed by atoms with Crippen LogP contribution in [-0.2, 0) is 6.54 Å². The molecule has 1 N–H and O–H groups in total. The first-order valence-electron chi connectivity index (χ1n) is 7.13. The summed E-state index contributed by atoms with van der Waals surface area (Å²) in [6.07, 6.45) is 3.76. The summed E-state index contributed by atoms with van der Waals surface area (Å²) in [5.41, 5.74) is 1.88. The second-order valence-electron chi connectivity index (χ2n) is 4.82. The normalized spacial score (nSPS) is 12.6. The molecule has 4 nitrogen and oxygen atoms in total. The zero-order valence-electron chi connectivity index (χ0n) is 12.0. The third-order valence-corrected chi connectivity index (χ3v) is 3.16. The van der Waals surface area contributed by atoms with Crippen LogP contribution in [0.4, 0.5) is 4.39 Å². The van der Waals surface area contributed by atoms with E-state index in [0.29, 0.717) is 0 Å². The summed E-state index contributed by atoms with van der Waals surface area (Å²) in [5.74, 6) is -0.222. The minimum Gasteiger partial charge on any atom is -0.305 e. The van der Waals surface area contributed by atoms with E-state index < -0.39 is 0 Å². The van der Waals surface area contributed by atoms with E-state index in [2.05, 4.69) is 29.5 Å². The van der Waals surface area contributed by atoms with Crippen molar-refractivity contribution in [2.45, 2.75) is 39.3 Å². The van der Waals surface area contributed by atoms with Crippen LogP contribution in [0.25, 0.3) is 0 Å². The molecule has 0 saturated carbocycles. The molecule has 0 amide bonds. The first-order chi connectivity index (χ1) is 9.76. The first kappa shape index (κ1) is 14.7. The van der Waals surface area contributed by atoms with Gasteiger partial charge in [-0.1, -0.05) is 31.2 Å². The molecule has 20 heavy (non-hydrogen) atoms. The van der Waals surface area contributed by atoms with Gasteiger partial charge < -0.3 is 5.32 Å². The molecule has 0 aliphatic rings. The summed E-state index contributed by atoms with van der Waals surface area (Å²) in [6.45, 7) is 5.88. The van der Waals surface area contributed by atoms with Gasteiger partial charge in [0, 0.05) is 6.54 Å². The molecule has 0 fully saturated rings. The second-order valence-corrected chi connectivity index (χ2v) is 4.82. The second kappa shape index (κ2) is 7.14. The molecule has 0 spiro atoms. The highest BCUT2D eigenvalue weighted by Crippen LogP contribution is 2.22. The van der Waals surface area contributed by atoms with E-state index in [9.17, 15) is 4.39 Å². The van der Waals surface area contributed by atoms with Gasteiger partial charge in [-0.05, 0) is 37.1 Å². The molecule has 108 valence electrons. The van der Waals surface area contributed by atoms with E-state index in [1.807, 2.05) is 10.7 Å². The largest absolute Gasteiger partial charge is 0.305 e. The SMILES string of the molecule is CCCNC(c1cccc(F)c1)c1cnnn1CCC. The van der Waals surface area contributed by atoms with Crippen LogP contribution < -0.4 is 5.32 Å². The maximum Gasteiger partial charge on any atom is 0.123 e. The molecule has 0 aliphatic heterocycles. The molecule has 0 aliphatic carbocycles. The topological polar surface area (TPSA) is 42.7 Å². The Hall–Kier alpha value is -1.75. The summed E-state index contributed by atoms with van der Waals surface area (Å²) in [7, 11) is 0. The summed E-state index contributed by atoms with van der Waals surface area (Å²) in [6, 6.07) is 6.62. The molecule has 2 rings (SSSR count). The Labute approximate surface area is 119 Å². The van der Waals surface area contributed by atoms with Gasteiger partial charge in [0.15, 0.2) is 0 Å². The lowest BCUT2D eigenvalue weighted by Gasteiger charge is -2.19. The van der Waals surface area contributed by atoms with Crippen molar-refractivity contribution in [1.82, 2.24) is 20.3 Å². The van der Waals surface area contributed by atoms with E-state index in [4.69, 9.17) is 0 Å². The number of nitrogens with one attached hydrogen (secondary N) is 1. The Morgan fingerprint density at radius 1 is 1.30 bits per heavy atom. The van der Waals surface area contributed by atoms with Crippen LogP contribution in [0.2, 0.25) is 0 Å². The summed E-state index contributed by atoms with van der Waals surface area (Å²) in [5, 5.41) is 11.6. The standard InChI is InChI=1S/C15H21FN4/c1-3-8-17-15(12-6-5-7-13(16)10-12)14-11-18-19-20(14)9-4-2/h5-7,10-11,15,17H,3-4,8-9H2,1-2H3. The molecule has 1 aromatic carbocycles. The van der Waals surface area contributed by atoms with Crippen LogP contribution in [-0.4, -0.2) is 21.5 Å². The lowest BCUT2D eigenvalue weighted by atomic mass is 10.0. The third-order valence-electron chi connectivity index (χ3n) is 3.16. The number of rotatable bonds is 7. The van der Waals surface area contributed by atoms with Crippen LogP contribution in [0.3, 0.4) is 0 Å². The van der Waals surface area contributed by atoms with Gasteiger partial charge in [0.2, 0.25) is 0 Å². The molecule has 0 saturated heterocycles. The zero-order valence-corrected chi connectivity index (χ0v) is 12.0. The van der Waals surface area contributed by atoms with Crippen molar-refractivity contribution in [2.75, 3.05) is 6.54 Å². The number of benzene rings is 1. The van der Waals surface area contributed by atoms with Gasteiger partial charge in [0.25, 0.3) is 0 Å². The highest BCUT2D eigenvalue weighted by Gasteiger charge is 2.18. The van der Waals surface area contributed by atoms with Crippen molar-refractivity contribution in [1.29, 1.82) is 0 Å². The van der Waals surface area contributed by atoms with Crippen molar-refractivity contribution in [2.24, 2.45) is 0 Å². The summed E-state index contributed by atoms with van der Waals surface area (Å²) < 4.78 is 15.4. The molecular weight excluding hydrogens is 255 g/mol. The fourth-order valence-electron chi connectivity index (χ4n) is 2.24. The van der Waals surface area contributed by atoms with E-state index >= 15 is 0 Å². The van der Waals surface area contributed by atoms with Gasteiger partial charge in [-0.2, -0.15) is 0 Å². The molecule has 5 heteroatoms. The maximum absolute atomic E-state index is 13.5. The fourth-order valence-corrected chi connectivity index (χ4v) is 2.24. The minimum absolute atomic E-state index is 0.0767. The van der Waals surface area contributed by atoms with Crippen molar-refractivity contribution in [3.05, 3.63) is 47.5 Å². The minimum atomic E-state index is -0.222. The van der Waals surface area contributed by atoms with Crippen molar-refractivity contribution in [3.63, 3.8) is 0 Å². The predicted octanol–water partition coefficient (Wildman–Crippen LogP) is 2.92. The lowest BCUT2D eigenvalue weighted by molar-refractivity contribution is 0.502. The fraction of sp³-hybridized carbons (Fsp3) is 0.467. The van der Waals surface area contributed by atoms with Gasteiger partial charge in [-0.15, -0.1) is 5.10 Å². The molecule has 0 radical (unpaired) electrons. The monoisotopic (exact) mass is 276 g/mol. The van der Waals surface area contributed by atoms with Gasteiger partial charge in [-0.25, -0.2) is 9.07 Å². The Bertz CT molecular complexity index is 538. The maximum atomic E-state index is 13.5. The van der Waals surface area contributed by atoms with E-state index in [-0.39, 0.29) is 11.9 Å². The van der Waals surface area contributed by atoms with Crippen LogP contribution in [0.1, 0.15) is 44.0 Å². The summed E-state index contributed by atoms with van der Waals surface area (Å²) in [4.78, 5) is 0. The molecule has 1 atom stereocenters. The Morgan fingerprint density at radius 2 is 2.15 bits per heavy atom. The number of nitrogens with zero attached hydrogens (tertiary/aromatic N) is 3. The van der Waals surface area contributed by atoms with Gasteiger partial charge in [0.05, 0.1) is 17.9 Å². The quantitative estimate of drug-likeness (QED) is 0.845. The molecule has 1 heterocycles. The zero-order chi connectivity index (χ0) is 14.4. The lowest BCUT2D eigenvalue weighted by Crippen LogP contribution is -2.26. The van der Waals surface area contributed by atoms with Gasteiger partial charge in [0.1, 0.15) is 5.82 Å². The molecule has 1 unspecified atom stereocenters. The number of halogens is 1. The van der Waals surface area contributed by atoms with Crippen LogP contribution in [0, 0.1) is 5.82 Å². The highest BCUT2D eigenvalue weighted by molar-refractivity contribution is 5.27. The van der Waals surface area contributed by atoms with E-state index in [1.54, 1.807) is 18.3 Å². The first-order valence-corrected chi connectivity index (χ1v) is 7.13. The number of hydrogen-bond acceptors (Lipinski definition) is 3. The van der Waals surface area contributed by atoms with Gasteiger partial charge in [-0.3, -0.25) is 0 Å². The molecular formula is C15H21FN4. The Kier molecular flexibility index (Phi) is 5.24. The predicted molar refractivity (Wildman–Crippen MR) is 76.8 cm³/mol. The average Bonchev–Trinajstić information content (AvgIpc) is 2.88. The van der Waals surface area contributed by atoms with Gasteiger partial charge >= 0.3 is 0 Å². The van der Waals surface area contributed by atoms with Crippen LogP contribution in [0.5, 0.6) is 0 Å². The van der Waals surface area contributed by atoms with Crippen LogP contribution in [0.15, 0.2) is 30.5 Å². The van der Waals surface area contributed by atoms with Crippen LogP contribution >= 0.6 is 0 Å². The average molecular weight is 276 g/mol. The smallest absolute Gasteiger partial charge is 0.123 e. The Balaban J connectivity index is 2.33. The van der Waals surface area contributed by atoms with E-state index in [0.717, 1.165) is 37.2 Å².